The van der Waals surface area contributed by atoms with Gasteiger partial charge in [-0.3, -0.25) is 0 Å². The standard InChI is InChI=1S/C16H11BrO2/c1-12-4-2-3-5-13(12)6-11-16(18)19-15-9-7-14(17)8-10-15/h2-5,7-10H,1H3. The Labute approximate surface area is 120 Å². The van der Waals surface area contributed by atoms with E-state index in [-0.39, 0.29) is 0 Å². The number of esters is 1. The van der Waals surface area contributed by atoms with Gasteiger partial charge in [-0.1, -0.05) is 40.0 Å². The molecular weight excluding hydrogens is 304 g/mol. The van der Waals surface area contributed by atoms with E-state index in [0.29, 0.717) is 5.75 Å². The van der Waals surface area contributed by atoms with Gasteiger partial charge in [0, 0.05) is 16.0 Å². The molecule has 0 N–H and O–H groups in total. The van der Waals surface area contributed by atoms with Gasteiger partial charge in [0.15, 0.2) is 0 Å². The summed E-state index contributed by atoms with van der Waals surface area (Å²) < 4.78 is 6.03. The fourth-order valence-electron chi connectivity index (χ4n) is 1.47. The molecule has 0 unspecified atom stereocenters. The van der Waals surface area contributed by atoms with Crippen LogP contribution in [-0.4, -0.2) is 5.97 Å². The normalized spacial score (nSPS) is 9.37. The summed E-state index contributed by atoms with van der Waals surface area (Å²) >= 11 is 3.31. The van der Waals surface area contributed by atoms with Gasteiger partial charge in [-0.25, -0.2) is 4.79 Å². The number of carbonyl (C=O) groups excluding carboxylic acids is 1. The van der Waals surface area contributed by atoms with Crippen LogP contribution in [0.25, 0.3) is 0 Å². The second kappa shape index (κ2) is 6.21. The Morgan fingerprint density at radius 1 is 1.11 bits per heavy atom. The van der Waals surface area contributed by atoms with Crippen molar-refractivity contribution < 1.29 is 9.53 Å². The first-order chi connectivity index (χ1) is 9.15. The number of rotatable bonds is 1. The molecule has 2 aromatic rings. The maximum atomic E-state index is 11.6. The lowest BCUT2D eigenvalue weighted by Crippen LogP contribution is -2.04. The van der Waals surface area contributed by atoms with Gasteiger partial charge >= 0.3 is 5.97 Å². The van der Waals surface area contributed by atoms with Gasteiger partial charge in [0.2, 0.25) is 0 Å². The lowest BCUT2D eigenvalue weighted by atomic mass is 10.1. The smallest absolute Gasteiger partial charge is 0.390 e. The fraction of sp³-hybridized carbons (Fsp3) is 0.0625. The molecule has 0 saturated carbocycles. The molecule has 0 aliphatic carbocycles. The van der Waals surface area contributed by atoms with Gasteiger partial charge in [0.05, 0.1) is 0 Å². The molecule has 2 nitrogen and oxygen atoms in total. The lowest BCUT2D eigenvalue weighted by Gasteiger charge is -1.99. The SMILES string of the molecule is Cc1ccccc1C#CC(=O)Oc1ccc(Br)cc1. The van der Waals surface area contributed by atoms with Crippen LogP contribution < -0.4 is 4.74 Å². The third-order valence-electron chi connectivity index (χ3n) is 2.47. The van der Waals surface area contributed by atoms with Crippen molar-refractivity contribution in [1.29, 1.82) is 0 Å². The maximum Gasteiger partial charge on any atom is 0.390 e. The molecule has 0 aliphatic heterocycles. The summed E-state index contributed by atoms with van der Waals surface area (Å²) in [7, 11) is 0. The molecule has 0 aliphatic rings. The Morgan fingerprint density at radius 3 is 2.47 bits per heavy atom. The highest BCUT2D eigenvalue weighted by Crippen LogP contribution is 2.16. The highest BCUT2D eigenvalue weighted by Gasteiger charge is 2.00. The van der Waals surface area contributed by atoms with Crippen molar-refractivity contribution in [3.05, 3.63) is 64.1 Å². The number of aryl methyl sites for hydroxylation is 1. The summed E-state index contributed by atoms with van der Waals surface area (Å²) in [6.07, 6.45) is 0. The minimum atomic E-state index is -0.564. The van der Waals surface area contributed by atoms with E-state index in [1.165, 1.54) is 0 Å². The number of ether oxygens (including phenoxy) is 1. The van der Waals surface area contributed by atoms with Crippen LogP contribution in [0.15, 0.2) is 53.0 Å². The number of carbonyl (C=O) groups is 1. The summed E-state index contributed by atoms with van der Waals surface area (Å²) in [6, 6.07) is 14.7. The van der Waals surface area contributed by atoms with Crippen molar-refractivity contribution in [2.75, 3.05) is 0 Å². The van der Waals surface area contributed by atoms with Crippen LogP contribution in [0.3, 0.4) is 0 Å². The van der Waals surface area contributed by atoms with Gasteiger partial charge < -0.3 is 4.74 Å². The average Bonchev–Trinajstić information content (AvgIpc) is 2.40. The monoisotopic (exact) mass is 314 g/mol. The molecule has 0 aromatic heterocycles. The van der Waals surface area contributed by atoms with Crippen LogP contribution in [0.5, 0.6) is 5.75 Å². The zero-order chi connectivity index (χ0) is 13.7. The van der Waals surface area contributed by atoms with E-state index in [0.717, 1.165) is 15.6 Å². The highest BCUT2D eigenvalue weighted by atomic mass is 79.9. The summed E-state index contributed by atoms with van der Waals surface area (Å²) in [5.74, 6) is 5.21. The van der Waals surface area contributed by atoms with Crippen LogP contribution in [0.2, 0.25) is 0 Å². The predicted molar refractivity (Wildman–Crippen MR) is 77.8 cm³/mol. The van der Waals surface area contributed by atoms with Crippen LogP contribution in [-0.2, 0) is 4.79 Å². The molecular formula is C16H11BrO2. The maximum absolute atomic E-state index is 11.6. The fourth-order valence-corrected chi connectivity index (χ4v) is 1.73. The molecule has 94 valence electrons. The topological polar surface area (TPSA) is 26.3 Å². The van der Waals surface area contributed by atoms with E-state index in [1.54, 1.807) is 24.3 Å². The summed E-state index contributed by atoms with van der Waals surface area (Å²) in [4.78, 5) is 11.6. The van der Waals surface area contributed by atoms with Crippen LogP contribution in [0.1, 0.15) is 11.1 Å². The van der Waals surface area contributed by atoms with Crippen molar-refractivity contribution >= 4 is 21.9 Å². The number of benzene rings is 2. The van der Waals surface area contributed by atoms with Gasteiger partial charge in [-0.15, -0.1) is 0 Å². The van der Waals surface area contributed by atoms with E-state index < -0.39 is 5.97 Å². The average molecular weight is 315 g/mol. The molecule has 2 aromatic carbocycles. The Bertz CT molecular complexity index is 648. The number of hydrogen-bond acceptors (Lipinski definition) is 2. The predicted octanol–water partition coefficient (Wildman–Crippen LogP) is 3.71. The van der Waals surface area contributed by atoms with E-state index >= 15 is 0 Å². The number of hydrogen-bond donors (Lipinski definition) is 0. The minimum Gasteiger partial charge on any atom is -0.417 e. The van der Waals surface area contributed by atoms with Crippen molar-refractivity contribution in [3.8, 4) is 17.6 Å². The quantitative estimate of drug-likeness (QED) is 0.455. The second-order valence-electron chi connectivity index (χ2n) is 3.91. The van der Waals surface area contributed by atoms with E-state index in [2.05, 4.69) is 27.8 Å². The van der Waals surface area contributed by atoms with E-state index in [4.69, 9.17) is 4.74 Å². The Morgan fingerprint density at radius 2 is 1.79 bits per heavy atom. The molecule has 0 radical (unpaired) electrons. The first kappa shape index (κ1) is 13.4. The summed E-state index contributed by atoms with van der Waals surface area (Å²) in [5, 5.41) is 0. The molecule has 2 rings (SSSR count). The highest BCUT2D eigenvalue weighted by molar-refractivity contribution is 9.10. The van der Waals surface area contributed by atoms with Crippen LogP contribution in [0.4, 0.5) is 0 Å². The molecule has 19 heavy (non-hydrogen) atoms. The molecule has 0 saturated heterocycles. The van der Waals surface area contributed by atoms with Gasteiger partial charge in [0.25, 0.3) is 0 Å². The minimum absolute atomic E-state index is 0.479. The van der Waals surface area contributed by atoms with Crippen molar-refractivity contribution in [2.24, 2.45) is 0 Å². The molecule has 0 spiro atoms. The first-order valence-corrected chi connectivity index (χ1v) is 6.49. The Kier molecular flexibility index (Phi) is 4.38. The Balaban J connectivity index is 2.07. The third-order valence-corrected chi connectivity index (χ3v) is 3.00. The Hall–Kier alpha value is -2.05. The van der Waals surface area contributed by atoms with Gasteiger partial charge in [0.1, 0.15) is 5.75 Å². The zero-order valence-corrected chi connectivity index (χ0v) is 11.9. The molecule has 0 fully saturated rings. The van der Waals surface area contributed by atoms with Gasteiger partial charge in [-0.05, 0) is 42.8 Å². The third kappa shape index (κ3) is 3.97. The molecule has 3 heteroatoms. The van der Waals surface area contributed by atoms with Crippen LogP contribution >= 0.6 is 15.9 Å². The van der Waals surface area contributed by atoms with E-state index in [9.17, 15) is 4.79 Å². The summed E-state index contributed by atoms with van der Waals surface area (Å²) in [6.45, 7) is 1.95. The molecule has 0 heterocycles. The van der Waals surface area contributed by atoms with Crippen molar-refractivity contribution in [3.63, 3.8) is 0 Å². The van der Waals surface area contributed by atoms with Crippen molar-refractivity contribution in [2.45, 2.75) is 6.92 Å². The molecule has 0 bridgehead atoms. The zero-order valence-electron chi connectivity index (χ0n) is 10.3. The second-order valence-corrected chi connectivity index (χ2v) is 4.82. The van der Waals surface area contributed by atoms with E-state index in [1.807, 2.05) is 31.2 Å². The summed E-state index contributed by atoms with van der Waals surface area (Å²) in [5.41, 5.74) is 1.86. The number of halogens is 1. The molecule has 0 amide bonds. The van der Waals surface area contributed by atoms with Gasteiger partial charge in [-0.2, -0.15) is 0 Å². The lowest BCUT2D eigenvalue weighted by molar-refractivity contribution is -0.128. The van der Waals surface area contributed by atoms with Crippen LogP contribution in [0, 0.1) is 18.8 Å². The first-order valence-electron chi connectivity index (χ1n) is 5.70. The van der Waals surface area contributed by atoms with Crippen molar-refractivity contribution in [1.82, 2.24) is 0 Å². The molecule has 0 atom stereocenters. The largest absolute Gasteiger partial charge is 0.417 e.